The summed E-state index contributed by atoms with van der Waals surface area (Å²) < 4.78 is 0. The van der Waals surface area contributed by atoms with Crippen LogP contribution in [0.1, 0.15) is 22.8 Å². The summed E-state index contributed by atoms with van der Waals surface area (Å²) in [5, 5.41) is 3.89. The second-order valence-electron chi connectivity index (χ2n) is 6.09. The molecule has 0 bridgehead atoms. The van der Waals surface area contributed by atoms with Crippen molar-refractivity contribution in [3.8, 4) is 0 Å². The molecule has 0 aliphatic rings. The van der Waals surface area contributed by atoms with Gasteiger partial charge in [0, 0.05) is 48.9 Å². The fourth-order valence-electron chi connectivity index (χ4n) is 2.85. The monoisotopic (exact) mass is 335 g/mol. The van der Waals surface area contributed by atoms with Crippen molar-refractivity contribution in [3.05, 3.63) is 65.9 Å². The third-order valence-corrected chi connectivity index (χ3v) is 4.19. The summed E-state index contributed by atoms with van der Waals surface area (Å²) >= 11 is 0. The number of carbonyl (C=O) groups excluding carboxylic acids is 2. The second kappa shape index (κ2) is 7.21. The Balaban J connectivity index is 1.63. The quantitative estimate of drug-likeness (QED) is 0.750. The van der Waals surface area contributed by atoms with E-state index in [2.05, 4.69) is 16.4 Å². The zero-order chi connectivity index (χ0) is 17.8. The zero-order valence-electron chi connectivity index (χ0n) is 14.4. The van der Waals surface area contributed by atoms with Gasteiger partial charge in [0.25, 0.3) is 5.91 Å². The molecule has 0 saturated carbocycles. The molecule has 0 spiro atoms. The second-order valence-corrected chi connectivity index (χ2v) is 6.09. The van der Waals surface area contributed by atoms with E-state index in [-0.39, 0.29) is 11.8 Å². The minimum absolute atomic E-state index is 0.0331. The molecule has 5 heteroatoms. The number of rotatable bonds is 5. The summed E-state index contributed by atoms with van der Waals surface area (Å²) in [4.78, 5) is 28.5. The lowest BCUT2D eigenvalue weighted by Crippen LogP contribution is -2.28. The Kier molecular flexibility index (Phi) is 4.84. The van der Waals surface area contributed by atoms with E-state index in [4.69, 9.17) is 0 Å². The Morgan fingerprint density at radius 1 is 1.08 bits per heavy atom. The highest BCUT2D eigenvalue weighted by molar-refractivity contribution is 5.95. The van der Waals surface area contributed by atoms with Gasteiger partial charge in [0.1, 0.15) is 0 Å². The van der Waals surface area contributed by atoms with Crippen molar-refractivity contribution >= 4 is 28.4 Å². The van der Waals surface area contributed by atoms with Crippen molar-refractivity contribution in [1.29, 1.82) is 0 Å². The standard InChI is InChI=1S/C20H21N3O2/c1-14(24)22-17-9-7-15(8-10-17)20(25)23(2)12-11-16-13-21-19-6-4-3-5-18(16)19/h3-10,13,21H,11-12H2,1-2H3,(H,22,24). The lowest BCUT2D eigenvalue weighted by atomic mass is 10.1. The molecular formula is C20H21N3O2. The van der Waals surface area contributed by atoms with Crippen LogP contribution in [0, 0.1) is 0 Å². The number of anilines is 1. The predicted octanol–water partition coefficient (Wildman–Crippen LogP) is 3.44. The van der Waals surface area contributed by atoms with E-state index in [1.807, 2.05) is 24.4 Å². The lowest BCUT2D eigenvalue weighted by molar-refractivity contribution is -0.114. The molecule has 1 heterocycles. The highest BCUT2D eigenvalue weighted by Gasteiger charge is 2.12. The first-order valence-electron chi connectivity index (χ1n) is 8.22. The van der Waals surface area contributed by atoms with Crippen LogP contribution in [0.3, 0.4) is 0 Å². The Hall–Kier alpha value is -3.08. The smallest absolute Gasteiger partial charge is 0.253 e. The van der Waals surface area contributed by atoms with Crippen molar-refractivity contribution < 1.29 is 9.59 Å². The molecule has 3 rings (SSSR count). The molecule has 2 aromatic carbocycles. The Morgan fingerprint density at radius 2 is 1.80 bits per heavy atom. The van der Waals surface area contributed by atoms with Crippen LogP contribution in [0.5, 0.6) is 0 Å². The third kappa shape index (κ3) is 3.88. The molecule has 128 valence electrons. The van der Waals surface area contributed by atoms with E-state index in [9.17, 15) is 9.59 Å². The van der Waals surface area contributed by atoms with Gasteiger partial charge >= 0.3 is 0 Å². The normalized spacial score (nSPS) is 10.6. The van der Waals surface area contributed by atoms with Crippen LogP contribution in [-0.2, 0) is 11.2 Å². The maximum absolute atomic E-state index is 12.5. The van der Waals surface area contributed by atoms with Crippen LogP contribution in [-0.4, -0.2) is 35.3 Å². The average Bonchev–Trinajstić information content (AvgIpc) is 3.02. The molecule has 3 aromatic rings. The number of aromatic amines is 1. The van der Waals surface area contributed by atoms with Gasteiger partial charge in [-0.3, -0.25) is 9.59 Å². The molecule has 0 aliphatic carbocycles. The van der Waals surface area contributed by atoms with Gasteiger partial charge in [0.2, 0.25) is 5.91 Å². The van der Waals surface area contributed by atoms with Crippen molar-refractivity contribution in [1.82, 2.24) is 9.88 Å². The largest absolute Gasteiger partial charge is 0.361 e. The number of nitrogens with one attached hydrogen (secondary N) is 2. The summed E-state index contributed by atoms with van der Waals surface area (Å²) in [5.74, 6) is -0.163. The Morgan fingerprint density at radius 3 is 2.52 bits per heavy atom. The van der Waals surface area contributed by atoms with Crippen molar-refractivity contribution in [3.63, 3.8) is 0 Å². The summed E-state index contributed by atoms with van der Waals surface area (Å²) in [6.07, 6.45) is 2.79. The van der Waals surface area contributed by atoms with Crippen LogP contribution >= 0.6 is 0 Å². The van der Waals surface area contributed by atoms with E-state index in [0.717, 1.165) is 11.9 Å². The number of carbonyl (C=O) groups is 2. The summed E-state index contributed by atoms with van der Waals surface area (Å²) in [7, 11) is 1.80. The van der Waals surface area contributed by atoms with Crippen molar-refractivity contribution in [2.24, 2.45) is 0 Å². The van der Waals surface area contributed by atoms with Crippen molar-refractivity contribution in [2.75, 3.05) is 18.9 Å². The lowest BCUT2D eigenvalue weighted by Gasteiger charge is -2.17. The number of para-hydroxylation sites is 1. The van der Waals surface area contributed by atoms with E-state index in [1.54, 1.807) is 36.2 Å². The van der Waals surface area contributed by atoms with E-state index < -0.39 is 0 Å². The number of hydrogen-bond acceptors (Lipinski definition) is 2. The molecule has 0 atom stereocenters. The predicted molar refractivity (Wildman–Crippen MR) is 99.7 cm³/mol. The minimum atomic E-state index is -0.130. The van der Waals surface area contributed by atoms with E-state index >= 15 is 0 Å². The molecule has 0 radical (unpaired) electrons. The molecule has 2 amide bonds. The first-order valence-corrected chi connectivity index (χ1v) is 8.22. The number of likely N-dealkylation sites (N-methyl/N-ethyl adjacent to an activating group) is 1. The van der Waals surface area contributed by atoms with E-state index in [0.29, 0.717) is 17.8 Å². The number of fused-ring (bicyclic) bond motifs is 1. The Labute approximate surface area is 146 Å². The minimum Gasteiger partial charge on any atom is -0.361 e. The maximum Gasteiger partial charge on any atom is 0.253 e. The van der Waals surface area contributed by atoms with Gasteiger partial charge in [-0.2, -0.15) is 0 Å². The molecule has 0 aliphatic heterocycles. The highest BCUT2D eigenvalue weighted by Crippen LogP contribution is 2.18. The number of hydrogen-bond donors (Lipinski definition) is 2. The van der Waals surface area contributed by atoms with Crippen LogP contribution in [0.25, 0.3) is 10.9 Å². The van der Waals surface area contributed by atoms with Crippen LogP contribution in [0.15, 0.2) is 54.7 Å². The van der Waals surface area contributed by atoms with Gasteiger partial charge in [-0.05, 0) is 42.3 Å². The summed E-state index contributed by atoms with van der Waals surface area (Å²) in [5.41, 5.74) is 3.61. The number of aromatic nitrogens is 1. The molecular weight excluding hydrogens is 314 g/mol. The first kappa shape index (κ1) is 16.8. The third-order valence-electron chi connectivity index (χ3n) is 4.19. The maximum atomic E-state index is 12.5. The number of nitrogens with zero attached hydrogens (tertiary/aromatic N) is 1. The highest BCUT2D eigenvalue weighted by atomic mass is 16.2. The van der Waals surface area contributed by atoms with Gasteiger partial charge in [-0.1, -0.05) is 18.2 Å². The zero-order valence-corrected chi connectivity index (χ0v) is 14.4. The summed E-state index contributed by atoms with van der Waals surface area (Å²) in [6.45, 7) is 2.09. The Bertz CT molecular complexity index is 897. The SMILES string of the molecule is CC(=O)Nc1ccc(C(=O)N(C)CCc2c[nH]c3ccccc23)cc1. The topological polar surface area (TPSA) is 65.2 Å². The van der Waals surface area contributed by atoms with Gasteiger partial charge in [0.05, 0.1) is 0 Å². The van der Waals surface area contributed by atoms with Crippen LogP contribution in [0.4, 0.5) is 5.69 Å². The number of benzene rings is 2. The molecule has 25 heavy (non-hydrogen) atoms. The summed E-state index contributed by atoms with van der Waals surface area (Å²) in [6, 6.07) is 15.1. The number of amides is 2. The van der Waals surface area contributed by atoms with Crippen LogP contribution < -0.4 is 5.32 Å². The van der Waals surface area contributed by atoms with Crippen molar-refractivity contribution in [2.45, 2.75) is 13.3 Å². The molecule has 5 nitrogen and oxygen atoms in total. The molecule has 0 saturated heterocycles. The molecule has 2 N–H and O–H groups in total. The van der Waals surface area contributed by atoms with Gasteiger partial charge in [0.15, 0.2) is 0 Å². The first-order chi connectivity index (χ1) is 12.0. The van der Waals surface area contributed by atoms with E-state index in [1.165, 1.54) is 17.9 Å². The van der Waals surface area contributed by atoms with Gasteiger partial charge in [-0.15, -0.1) is 0 Å². The fraction of sp³-hybridized carbons (Fsp3) is 0.200. The fourth-order valence-corrected chi connectivity index (χ4v) is 2.85. The molecule has 0 unspecified atom stereocenters. The average molecular weight is 335 g/mol. The molecule has 1 aromatic heterocycles. The van der Waals surface area contributed by atoms with Gasteiger partial charge < -0.3 is 15.2 Å². The van der Waals surface area contributed by atoms with Crippen LogP contribution in [0.2, 0.25) is 0 Å². The van der Waals surface area contributed by atoms with Gasteiger partial charge in [-0.25, -0.2) is 0 Å². The molecule has 0 fully saturated rings. The number of H-pyrrole nitrogens is 1.